The van der Waals surface area contributed by atoms with E-state index >= 15 is 8.78 Å². The van der Waals surface area contributed by atoms with Gasteiger partial charge in [0.1, 0.15) is 5.69 Å². The number of anilines is 2. The Morgan fingerprint density at radius 3 is 2.33 bits per heavy atom. The molecule has 0 amide bonds. The van der Waals surface area contributed by atoms with Crippen LogP contribution in [-0.2, 0) is 0 Å². The van der Waals surface area contributed by atoms with Gasteiger partial charge in [-0.3, -0.25) is 14.5 Å². The maximum Gasteiger partial charge on any atom is 0.511 e. The van der Waals surface area contributed by atoms with Gasteiger partial charge in [0.2, 0.25) is 5.43 Å². The van der Waals surface area contributed by atoms with E-state index in [0.29, 0.717) is 31.5 Å². The Labute approximate surface area is 204 Å². The van der Waals surface area contributed by atoms with Crippen molar-refractivity contribution in [1.29, 1.82) is 0 Å². The average molecular weight is 498 g/mol. The fourth-order valence-corrected chi connectivity index (χ4v) is 4.66. The first-order valence-corrected chi connectivity index (χ1v) is 11.6. The number of ether oxygens (including phenoxy) is 1. The minimum absolute atomic E-state index is 0.0378. The third-order valence-corrected chi connectivity index (χ3v) is 6.62. The van der Waals surface area contributed by atoms with E-state index in [1.54, 1.807) is 24.3 Å². The predicted octanol–water partition coefficient (Wildman–Crippen LogP) is 3.26. The molecule has 1 saturated heterocycles. The van der Waals surface area contributed by atoms with Crippen molar-refractivity contribution in [3.8, 4) is 5.75 Å². The topological polar surface area (TPSA) is 118 Å². The zero-order chi connectivity index (χ0) is 25.6. The van der Waals surface area contributed by atoms with Crippen molar-refractivity contribution in [2.45, 2.75) is 18.9 Å². The number of carbonyl (C=O) groups is 2. The smallest absolute Gasteiger partial charge is 0.449 e. The zero-order valence-electron chi connectivity index (χ0n) is 19.2. The van der Waals surface area contributed by atoms with Gasteiger partial charge in [0, 0.05) is 37.8 Å². The van der Waals surface area contributed by atoms with Gasteiger partial charge in [-0.1, -0.05) is 30.3 Å². The van der Waals surface area contributed by atoms with Crippen LogP contribution in [0, 0.1) is 11.6 Å². The van der Waals surface area contributed by atoms with Crippen molar-refractivity contribution in [2.24, 2.45) is 0 Å². The number of hydrogen-bond donors (Lipinski definition) is 2. The number of Topliss-reactive ketones (excluding diaryl/α,β-unsaturated/α-hetero) is 1. The van der Waals surface area contributed by atoms with Crippen molar-refractivity contribution in [2.75, 3.05) is 43.4 Å². The first-order chi connectivity index (χ1) is 17.3. The minimum atomic E-state index is -1.71. The van der Waals surface area contributed by atoms with Crippen molar-refractivity contribution in [1.82, 2.24) is 9.47 Å². The van der Waals surface area contributed by atoms with Gasteiger partial charge in [0.25, 0.3) is 0 Å². The van der Waals surface area contributed by atoms with Crippen LogP contribution in [0.4, 0.5) is 25.0 Å². The Balaban J connectivity index is 1.47. The molecule has 11 heteroatoms. The number of piperazine rings is 1. The molecule has 3 N–H and O–H groups in total. The lowest BCUT2D eigenvalue weighted by Crippen LogP contribution is -2.48. The molecule has 1 saturated carbocycles. The summed E-state index contributed by atoms with van der Waals surface area (Å²) in [6, 6.07) is 8.72. The average Bonchev–Trinajstić information content (AvgIpc) is 3.70. The molecule has 0 bridgehead atoms. The molecule has 2 aromatic carbocycles. The van der Waals surface area contributed by atoms with E-state index in [4.69, 9.17) is 10.8 Å². The molecule has 1 aliphatic heterocycles. The van der Waals surface area contributed by atoms with Gasteiger partial charge >= 0.3 is 6.16 Å². The highest BCUT2D eigenvalue weighted by Crippen LogP contribution is 2.42. The number of hydrogen-bond acceptors (Lipinski definition) is 7. The number of ketones is 1. The van der Waals surface area contributed by atoms with E-state index in [9.17, 15) is 14.4 Å². The van der Waals surface area contributed by atoms with E-state index in [2.05, 4.69) is 4.74 Å². The molecule has 3 aromatic rings. The number of aromatic nitrogens is 1. The van der Waals surface area contributed by atoms with Gasteiger partial charge in [-0.15, -0.1) is 0 Å². The van der Waals surface area contributed by atoms with Crippen molar-refractivity contribution < 1.29 is 28.2 Å². The monoisotopic (exact) mass is 498 g/mol. The van der Waals surface area contributed by atoms with E-state index in [1.165, 1.54) is 9.47 Å². The number of halogens is 2. The molecule has 0 spiro atoms. The Hall–Kier alpha value is -3.99. The predicted molar refractivity (Wildman–Crippen MR) is 129 cm³/mol. The summed E-state index contributed by atoms with van der Waals surface area (Å²) in [7, 11) is 0. The maximum absolute atomic E-state index is 15.9. The molecule has 36 heavy (non-hydrogen) atoms. The van der Waals surface area contributed by atoms with Gasteiger partial charge in [-0.2, -0.15) is 0 Å². The van der Waals surface area contributed by atoms with Crippen LogP contribution in [0.3, 0.4) is 0 Å². The maximum atomic E-state index is 15.9. The molecule has 9 nitrogen and oxygen atoms in total. The third-order valence-electron chi connectivity index (χ3n) is 6.62. The molecule has 188 valence electrons. The Kier molecular flexibility index (Phi) is 6.09. The number of rotatable bonds is 6. The summed E-state index contributed by atoms with van der Waals surface area (Å²) in [5, 5.41) is 8.52. The highest BCUT2D eigenvalue weighted by Gasteiger charge is 2.33. The Morgan fingerprint density at radius 2 is 1.72 bits per heavy atom. The van der Waals surface area contributed by atoms with Crippen LogP contribution in [0.15, 0.2) is 41.3 Å². The molecule has 0 atom stereocenters. The molecule has 1 aromatic heterocycles. The Bertz CT molecular complexity index is 1410. The minimum Gasteiger partial charge on any atom is -0.449 e. The molecular weight excluding hydrogens is 474 g/mol. The molecule has 0 radical (unpaired) electrons. The van der Waals surface area contributed by atoms with Crippen LogP contribution in [0.2, 0.25) is 0 Å². The van der Waals surface area contributed by atoms with Gasteiger partial charge in [0.05, 0.1) is 29.3 Å². The number of benzene rings is 2. The molecule has 1 aliphatic carbocycles. The van der Waals surface area contributed by atoms with Gasteiger partial charge in [-0.05, 0) is 12.8 Å². The fourth-order valence-electron chi connectivity index (χ4n) is 4.66. The lowest BCUT2D eigenvalue weighted by atomic mass is 10.1. The van der Waals surface area contributed by atoms with Crippen molar-refractivity contribution >= 4 is 34.2 Å². The van der Waals surface area contributed by atoms with E-state index in [0.717, 1.165) is 6.20 Å². The molecule has 2 aliphatic rings. The lowest BCUT2D eigenvalue weighted by Gasteiger charge is -2.36. The Morgan fingerprint density at radius 1 is 1.06 bits per heavy atom. The van der Waals surface area contributed by atoms with Crippen LogP contribution < -0.4 is 20.8 Å². The SMILES string of the molecule is Nc1c(F)c(N2CCN(CC(=O)c3ccccc3)CC2)c(F)c2c1c(=O)c(OC(=O)O)cn2C1CC1. The van der Waals surface area contributed by atoms with Gasteiger partial charge < -0.3 is 25.0 Å². The molecule has 2 fully saturated rings. The highest BCUT2D eigenvalue weighted by atomic mass is 19.1. The van der Waals surface area contributed by atoms with Gasteiger partial charge in [0.15, 0.2) is 23.2 Å². The summed E-state index contributed by atoms with van der Waals surface area (Å²) < 4.78 is 37.4. The number of nitrogens with zero attached hydrogens (tertiary/aromatic N) is 3. The highest BCUT2D eigenvalue weighted by molar-refractivity contribution is 5.98. The van der Waals surface area contributed by atoms with E-state index in [1.807, 2.05) is 11.0 Å². The lowest BCUT2D eigenvalue weighted by molar-refractivity contribution is 0.0926. The number of nitrogens with two attached hydrogens (primary N) is 1. The first kappa shape index (κ1) is 23.7. The third kappa shape index (κ3) is 4.26. The fraction of sp³-hybridized carbons (Fsp3) is 0.320. The summed E-state index contributed by atoms with van der Waals surface area (Å²) >= 11 is 0. The van der Waals surface area contributed by atoms with Crippen LogP contribution in [0.25, 0.3) is 10.9 Å². The summed E-state index contributed by atoms with van der Waals surface area (Å²) in [6.07, 6.45) is 0.803. The van der Waals surface area contributed by atoms with Crippen molar-refractivity contribution in [3.63, 3.8) is 0 Å². The second-order valence-corrected chi connectivity index (χ2v) is 9.00. The summed E-state index contributed by atoms with van der Waals surface area (Å²) in [5.41, 5.74) is 4.55. The zero-order valence-corrected chi connectivity index (χ0v) is 19.2. The number of pyridine rings is 1. The molecule has 2 heterocycles. The number of nitrogen functional groups attached to an aromatic ring is 1. The summed E-state index contributed by atoms with van der Waals surface area (Å²) in [6.45, 7) is 1.48. The van der Waals surface area contributed by atoms with Crippen LogP contribution >= 0.6 is 0 Å². The number of fused-ring (bicyclic) bond motifs is 1. The second-order valence-electron chi connectivity index (χ2n) is 9.00. The van der Waals surface area contributed by atoms with Crippen molar-refractivity contribution in [3.05, 3.63) is 63.9 Å². The molecule has 0 unspecified atom stereocenters. The summed E-state index contributed by atoms with van der Waals surface area (Å²) in [5.74, 6) is -2.61. The number of carbonyl (C=O) groups excluding carboxylic acids is 1. The van der Waals surface area contributed by atoms with E-state index in [-0.39, 0.29) is 42.7 Å². The largest absolute Gasteiger partial charge is 0.511 e. The normalized spacial score (nSPS) is 16.3. The first-order valence-electron chi connectivity index (χ1n) is 11.6. The molecular formula is C25H24F2N4O5. The standard InChI is InChI=1S/C25H24F2N4O5/c26-19-21(28)18-22(31(15-6-7-15)13-17(24(18)33)36-25(34)35)20(27)23(19)30-10-8-29(9-11-30)12-16(32)14-4-2-1-3-5-14/h1-5,13,15H,6-12,28H2,(H,34,35). The van der Waals surface area contributed by atoms with Gasteiger partial charge in [-0.25, -0.2) is 13.6 Å². The number of carboxylic acid groups (broad SMARTS) is 1. The molecule has 5 rings (SSSR count). The van der Waals surface area contributed by atoms with Crippen LogP contribution in [0.1, 0.15) is 29.2 Å². The summed E-state index contributed by atoms with van der Waals surface area (Å²) in [4.78, 5) is 39.9. The van der Waals surface area contributed by atoms with Crippen LogP contribution in [0.5, 0.6) is 5.75 Å². The quantitative estimate of drug-likeness (QED) is 0.302. The van der Waals surface area contributed by atoms with Crippen LogP contribution in [-0.4, -0.2) is 59.2 Å². The second kappa shape index (κ2) is 9.23. The van der Waals surface area contributed by atoms with E-state index < -0.39 is 40.0 Å².